The third-order valence-electron chi connectivity index (χ3n) is 4.64. The summed E-state index contributed by atoms with van der Waals surface area (Å²) in [6.07, 6.45) is -0.174. The first-order chi connectivity index (χ1) is 13.7. The molecule has 1 saturated heterocycles. The number of phenolic OH excluding ortho intramolecular Hbond substituents is 1. The van der Waals surface area contributed by atoms with Crippen LogP contribution in [0.15, 0.2) is 54.6 Å². The number of hydrogen-bond acceptors (Lipinski definition) is 5. The van der Waals surface area contributed by atoms with Gasteiger partial charge in [0.2, 0.25) is 0 Å². The Labute approximate surface area is 166 Å². The molecule has 0 aliphatic carbocycles. The SMILES string of the molecule is O=C(O)Cc1cccc(-c2ccc3cc(O)ccc3c2N2CC(=O)NS2(=O)=O)c1. The zero-order valence-electron chi connectivity index (χ0n) is 15.0. The van der Waals surface area contributed by atoms with Crippen LogP contribution in [0.1, 0.15) is 5.56 Å². The zero-order chi connectivity index (χ0) is 20.8. The minimum atomic E-state index is -4.07. The first kappa shape index (κ1) is 18.8. The van der Waals surface area contributed by atoms with Gasteiger partial charge in [0.15, 0.2) is 0 Å². The van der Waals surface area contributed by atoms with Gasteiger partial charge in [-0.15, -0.1) is 0 Å². The van der Waals surface area contributed by atoms with Crippen molar-refractivity contribution >= 4 is 38.5 Å². The van der Waals surface area contributed by atoms with Crippen LogP contribution in [-0.2, 0) is 26.2 Å². The van der Waals surface area contributed by atoms with Gasteiger partial charge in [0, 0.05) is 10.9 Å². The van der Waals surface area contributed by atoms with Crippen molar-refractivity contribution in [1.82, 2.24) is 4.72 Å². The summed E-state index contributed by atoms with van der Waals surface area (Å²) in [6, 6.07) is 14.7. The maximum atomic E-state index is 12.5. The molecule has 1 fully saturated rings. The molecule has 29 heavy (non-hydrogen) atoms. The Morgan fingerprint density at radius 2 is 1.90 bits per heavy atom. The van der Waals surface area contributed by atoms with Crippen molar-refractivity contribution in [2.24, 2.45) is 0 Å². The first-order valence-electron chi connectivity index (χ1n) is 8.65. The van der Waals surface area contributed by atoms with Crippen molar-refractivity contribution in [3.8, 4) is 16.9 Å². The van der Waals surface area contributed by atoms with E-state index in [9.17, 15) is 23.1 Å². The van der Waals surface area contributed by atoms with E-state index < -0.39 is 22.1 Å². The van der Waals surface area contributed by atoms with Crippen LogP contribution in [0.4, 0.5) is 5.69 Å². The quantitative estimate of drug-likeness (QED) is 0.602. The van der Waals surface area contributed by atoms with E-state index >= 15 is 0 Å². The molecule has 0 spiro atoms. The molecule has 1 aliphatic rings. The predicted molar refractivity (Wildman–Crippen MR) is 107 cm³/mol. The maximum absolute atomic E-state index is 12.5. The second kappa shape index (κ2) is 6.78. The lowest BCUT2D eigenvalue weighted by Gasteiger charge is -2.22. The van der Waals surface area contributed by atoms with Gasteiger partial charge in [-0.25, -0.2) is 9.03 Å². The number of carboxylic acids is 1. The fraction of sp³-hybridized carbons (Fsp3) is 0.100. The van der Waals surface area contributed by atoms with E-state index in [0.29, 0.717) is 27.5 Å². The summed E-state index contributed by atoms with van der Waals surface area (Å²) in [6.45, 7) is -0.371. The molecule has 1 aliphatic heterocycles. The highest BCUT2D eigenvalue weighted by atomic mass is 32.2. The maximum Gasteiger partial charge on any atom is 0.326 e. The number of carbonyl (C=O) groups is 2. The molecule has 0 saturated carbocycles. The highest BCUT2D eigenvalue weighted by Crippen LogP contribution is 2.40. The van der Waals surface area contributed by atoms with Gasteiger partial charge in [0.05, 0.1) is 12.1 Å². The second-order valence-corrected chi connectivity index (χ2v) is 8.27. The van der Waals surface area contributed by atoms with Crippen LogP contribution < -0.4 is 9.03 Å². The fourth-order valence-corrected chi connectivity index (χ4v) is 4.66. The van der Waals surface area contributed by atoms with Crippen molar-refractivity contribution < 1.29 is 28.2 Å². The monoisotopic (exact) mass is 412 g/mol. The van der Waals surface area contributed by atoms with Crippen LogP contribution in [-0.4, -0.2) is 37.1 Å². The Morgan fingerprint density at radius 3 is 2.59 bits per heavy atom. The summed E-state index contributed by atoms with van der Waals surface area (Å²) < 4.78 is 28.1. The fourth-order valence-electron chi connectivity index (χ4n) is 3.47. The van der Waals surface area contributed by atoms with E-state index in [1.165, 1.54) is 12.1 Å². The molecule has 0 unspecified atom stereocenters. The molecule has 3 N–H and O–H groups in total. The molecule has 0 atom stereocenters. The molecule has 0 bridgehead atoms. The third-order valence-corrected chi connectivity index (χ3v) is 6.02. The van der Waals surface area contributed by atoms with Gasteiger partial charge in [0.25, 0.3) is 5.91 Å². The van der Waals surface area contributed by atoms with Crippen molar-refractivity contribution in [3.05, 3.63) is 60.2 Å². The van der Waals surface area contributed by atoms with Gasteiger partial charge >= 0.3 is 16.2 Å². The van der Waals surface area contributed by atoms with Crippen LogP contribution in [0.25, 0.3) is 21.9 Å². The van der Waals surface area contributed by atoms with Crippen molar-refractivity contribution in [2.75, 3.05) is 10.8 Å². The Morgan fingerprint density at radius 1 is 1.10 bits per heavy atom. The van der Waals surface area contributed by atoms with E-state index in [-0.39, 0.29) is 24.4 Å². The highest BCUT2D eigenvalue weighted by Gasteiger charge is 2.36. The van der Waals surface area contributed by atoms with Gasteiger partial charge < -0.3 is 10.2 Å². The van der Waals surface area contributed by atoms with Crippen LogP contribution in [0.3, 0.4) is 0 Å². The number of rotatable bonds is 4. The van der Waals surface area contributed by atoms with Gasteiger partial charge in [0.1, 0.15) is 12.3 Å². The Kier molecular flexibility index (Phi) is 4.39. The van der Waals surface area contributed by atoms with E-state index in [2.05, 4.69) is 0 Å². The van der Waals surface area contributed by atoms with Crippen LogP contribution in [0, 0.1) is 0 Å². The Hall–Kier alpha value is -3.59. The summed E-state index contributed by atoms with van der Waals surface area (Å²) >= 11 is 0. The lowest BCUT2D eigenvalue weighted by molar-refractivity contribution is -0.136. The average Bonchev–Trinajstić information content (AvgIpc) is 2.92. The number of hydrogen-bond donors (Lipinski definition) is 3. The first-order valence-corrected chi connectivity index (χ1v) is 10.1. The third kappa shape index (κ3) is 3.47. The molecule has 1 amide bonds. The van der Waals surface area contributed by atoms with Crippen LogP contribution in [0.2, 0.25) is 0 Å². The van der Waals surface area contributed by atoms with Crippen LogP contribution >= 0.6 is 0 Å². The molecule has 0 radical (unpaired) electrons. The summed E-state index contributed by atoms with van der Waals surface area (Å²) in [7, 11) is -4.07. The number of benzene rings is 3. The van der Waals surface area contributed by atoms with Gasteiger partial charge in [-0.1, -0.05) is 36.4 Å². The molecule has 3 aromatic rings. The number of amides is 1. The van der Waals surface area contributed by atoms with Crippen molar-refractivity contribution in [3.63, 3.8) is 0 Å². The van der Waals surface area contributed by atoms with E-state index in [4.69, 9.17) is 5.11 Å². The molecule has 148 valence electrons. The Bertz CT molecular complexity index is 1270. The van der Waals surface area contributed by atoms with E-state index in [0.717, 1.165) is 4.31 Å². The Balaban J connectivity index is 1.99. The molecular weight excluding hydrogens is 396 g/mol. The number of nitrogens with zero attached hydrogens (tertiary/aromatic N) is 1. The molecule has 9 heteroatoms. The van der Waals surface area contributed by atoms with E-state index in [1.807, 2.05) is 4.72 Å². The minimum Gasteiger partial charge on any atom is -0.508 e. The number of carboxylic acid groups (broad SMARTS) is 1. The summed E-state index contributed by atoms with van der Waals surface area (Å²) in [4.78, 5) is 22.9. The number of aromatic hydroxyl groups is 1. The molecular formula is C20H16N2O6S. The van der Waals surface area contributed by atoms with Crippen molar-refractivity contribution in [1.29, 1.82) is 0 Å². The topological polar surface area (TPSA) is 124 Å². The van der Waals surface area contributed by atoms with Crippen LogP contribution in [0.5, 0.6) is 5.75 Å². The number of fused-ring (bicyclic) bond motifs is 1. The van der Waals surface area contributed by atoms with Gasteiger partial charge in [-0.05, 0) is 34.7 Å². The highest BCUT2D eigenvalue weighted by molar-refractivity contribution is 7.92. The second-order valence-electron chi connectivity index (χ2n) is 6.67. The van der Waals surface area contributed by atoms with E-state index in [1.54, 1.807) is 42.5 Å². The smallest absolute Gasteiger partial charge is 0.326 e. The zero-order valence-corrected chi connectivity index (χ0v) is 15.8. The number of carbonyl (C=O) groups excluding carboxylic acids is 1. The molecule has 4 rings (SSSR count). The lowest BCUT2D eigenvalue weighted by atomic mass is 9.96. The number of nitrogens with one attached hydrogen (secondary N) is 1. The molecule has 0 aromatic heterocycles. The molecule has 8 nitrogen and oxygen atoms in total. The lowest BCUT2D eigenvalue weighted by Crippen LogP contribution is -2.30. The minimum absolute atomic E-state index is 0.0261. The van der Waals surface area contributed by atoms with Gasteiger partial charge in [-0.3, -0.25) is 9.59 Å². The predicted octanol–water partition coefficient (Wildman–Crippen LogP) is 2.02. The molecule has 1 heterocycles. The number of aliphatic carboxylic acids is 1. The summed E-state index contributed by atoms with van der Waals surface area (Å²) in [5.41, 5.74) is 1.98. The largest absolute Gasteiger partial charge is 0.508 e. The summed E-state index contributed by atoms with van der Waals surface area (Å²) in [5, 5.41) is 20.0. The summed E-state index contributed by atoms with van der Waals surface area (Å²) in [5.74, 6) is -1.60. The standard InChI is InChI=1S/C20H16N2O6S/c23-15-5-7-17-14(10-15)4-6-16(13-3-1-2-12(8-13)9-19(25)26)20(17)22-11-18(24)21-29(22,27)28/h1-8,10,23H,9,11H2,(H,21,24)(H,25,26). The van der Waals surface area contributed by atoms with Crippen molar-refractivity contribution in [2.45, 2.75) is 6.42 Å². The van der Waals surface area contributed by atoms with Gasteiger partial charge in [-0.2, -0.15) is 8.42 Å². The molecule has 3 aromatic carbocycles. The number of anilines is 1. The normalized spacial score (nSPS) is 15.4. The number of phenols is 1. The average molecular weight is 412 g/mol.